The smallest absolute Gasteiger partial charge is 0.474 e. The summed E-state index contributed by atoms with van der Waals surface area (Å²) in [5.74, 6) is 0.112. The molecule has 3 N–H and O–H groups in total. The van der Waals surface area contributed by atoms with Crippen LogP contribution in [0.5, 0.6) is 11.6 Å². The number of hydrogen-bond donors (Lipinski definition) is 3. The third kappa shape index (κ3) is 7.41. The number of carbonyl (C=O) groups is 2. The molecule has 0 aliphatic carbocycles. The summed E-state index contributed by atoms with van der Waals surface area (Å²) >= 11 is 0. The summed E-state index contributed by atoms with van der Waals surface area (Å²) in [5.41, 5.74) is 1.91. The maximum absolute atomic E-state index is 12.9. The van der Waals surface area contributed by atoms with Gasteiger partial charge in [-0.05, 0) is 43.2 Å². The third-order valence-electron chi connectivity index (χ3n) is 5.92. The first-order valence-electron chi connectivity index (χ1n) is 12.1. The maximum atomic E-state index is 12.9. The van der Waals surface area contributed by atoms with Crippen LogP contribution in [0.15, 0.2) is 48.5 Å². The Kier molecular flexibility index (Phi) is 8.59. The number of para-hydroxylation sites is 1. The lowest BCUT2D eigenvalue weighted by atomic mass is 10.1. The van der Waals surface area contributed by atoms with Gasteiger partial charge in [0.05, 0.1) is 23.9 Å². The lowest BCUT2D eigenvalue weighted by Crippen LogP contribution is -2.31. The van der Waals surface area contributed by atoms with Crippen LogP contribution in [0.2, 0.25) is 0 Å². The fraction of sp³-hybridized carbons (Fsp3) is 0.346. The predicted molar refractivity (Wildman–Crippen MR) is 135 cm³/mol. The quantitative estimate of drug-likeness (QED) is 0.350. The van der Waals surface area contributed by atoms with Crippen LogP contribution >= 0.6 is 0 Å². The molecule has 1 saturated heterocycles. The highest BCUT2D eigenvalue weighted by molar-refractivity contribution is 5.89. The highest BCUT2D eigenvalue weighted by atomic mass is 19.4. The SMILES string of the molecule is COCc1ccc(OC(F)(F)F)c(CNC(=O)Nc2c(C)c(OC[C@@H]3CCC(=O)N3)nn2-c2ccccc2)c1. The Labute approximate surface area is 222 Å². The number of benzene rings is 2. The van der Waals surface area contributed by atoms with E-state index in [0.29, 0.717) is 35.5 Å². The third-order valence-corrected chi connectivity index (χ3v) is 5.92. The van der Waals surface area contributed by atoms with Crippen molar-refractivity contribution in [2.45, 2.75) is 45.3 Å². The van der Waals surface area contributed by atoms with Gasteiger partial charge in [-0.3, -0.25) is 10.1 Å². The molecule has 39 heavy (non-hydrogen) atoms. The van der Waals surface area contributed by atoms with Gasteiger partial charge in [0, 0.05) is 25.6 Å². The second-order valence-electron chi connectivity index (χ2n) is 8.87. The van der Waals surface area contributed by atoms with E-state index < -0.39 is 18.1 Å². The van der Waals surface area contributed by atoms with Crippen molar-refractivity contribution >= 4 is 17.8 Å². The van der Waals surface area contributed by atoms with Crippen molar-refractivity contribution < 1.29 is 37.0 Å². The molecule has 4 rings (SSSR count). The fourth-order valence-corrected chi connectivity index (χ4v) is 4.08. The van der Waals surface area contributed by atoms with E-state index in [1.54, 1.807) is 31.2 Å². The average Bonchev–Trinajstić information content (AvgIpc) is 3.45. The normalized spacial score (nSPS) is 15.1. The van der Waals surface area contributed by atoms with Crippen molar-refractivity contribution in [1.82, 2.24) is 20.4 Å². The summed E-state index contributed by atoms with van der Waals surface area (Å²) in [6, 6.07) is 12.3. The Balaban J connectivity index is 1.51. The number of anilines is 1. The van der Waals surface area contributed by atoms with E-state index in [1.807, 2.05) is 6.07 Å². The van der Waals surface area contributed by atoms with Crippen molar-refractivity contribution in [3.63, 3.8) is 0 Å². The first-order chi connectivity index (χ1) is 18.6. The number of amides is 3. The highest BCUT2D eigenvalue weighted by Crippen LogP contribution is 2.30. The molecule has 0 radical (unpaired) electrons. The molecule has 208 valence electrons. The monoisotopic (exact) mass is 547 g/mol. The van der Waals surface area contributed by atoms with Gasteiger partial charge < -0.3 is 24.8 Å². The van der Waals surface area contributed by atoms with Crippen molar-refractivity contribution in [2.75, 3.05) is 19.0 Å². The summed E-state index contributed by atoms with van der Waals surface area (Å²) in [6.07, 6.45) is -3.81. The van der Waals surface area contributed by atoms with Crippen LogP contribution < -0.4 is 25.4 Å². The van der Waals surface area contributed by atoms with E-state index in [4.69, 9.17) is 9.47 Å². The number of nitrogens with zero attached hydrogens (tertiary/aromatic N) is 2. The molecule has 0 spiro atoms. The molecule has 1 aromatic heterocycles. The van der Waals surface area contributed by atoms with Gasteiger partial charge in [-0.15, -0.1) is 18.3 Å². The number of carbonyl (C=O) groups excluding carboxylic acids is 2. The lowest BCUT2D eigenvalue weighted by Gasteiger charge is -2.16. The number of halogens is 3. The Bertz CT molecular complexity index is 1310. The zero-order chi connectivity index (χ0) is 28.0. The topological polar surface area (TPSA) is 116 Å². The number of urea groups is 1. The fourth-order valence-electron chi connectivity index (χ4n) is 4.08. The van der Waals surface area contributed by atoms with E-state index in [9.17, 15) is 22.8 Å². The molecule has 1 fully saturated rings. The molecule has 2 heterocycles. The van der Waals surface area contributed by atoms with E-state index in [-0.39, 0.29) is 43.2 Å². The number of alkyl halides is 3. The molecule has 2 aromatic carbocycles. The summed E-state index contributed by atoms with van der Waals surface area (Å²) in [4.78, 5) is 24.4. The second-order valence-corrected chi connectivity index (χ2v) is 8.87. The first-order valence-corrected chi connectivity index (χ1v) is 12.1. The summed E-state index contributed by atoms with van der Waals surface area (Å²) in [5, 5.41) is 12.6. The molecular weight excluding hydrogens is 519 g/mol. The van der Waals surface area contributed by atoms with Gasteiger partial charge in [-0.1, -0.05) is 24.3 Å². The van der Waals surface area contributed by atoms with Gasteiger partial charge in [0.15, 0.2) is 0 Å². The molecular formula is C26H28F3N5O5. The van der Waals surface area contributed by atoms with Gasteiger partial charge in [0.1, 0.15) is 18.2 Å². The Morgan fingerprint density at radius 3 is 2.64 bits per heavy atom. The van der Waals surface area contributed by atoms with Crippen LogP contribution in [0.3, 0.4) is 0 Å². The van der Waals surface area contributed by atoms with Crippen molar-refractivity contribution in [1.29, 1.82) is 0 Å². The van der Waals surface area contributed by atoms with Crippen LogP contribution in [-0.2, 0) is 22.7 Å². The van der Waals surface area contributed by atoms with Gasteiger partial charge in [0.25, 0.3) is 0 Å². The van der Waals surface area contributed by atoms with Gasteiger partial charge in [-0.25, -0.2) is 9.48 Å². The standard InChI is InChI=1S/C26H28F3N5O5/c1-16-23(32-25(36)30-13-18-12-17(14-37-2)8-10-21(18)39-26(27,28)29)34(20-6-4-3-5-7-20)33-24(16)38-15-19-9-11-22(35)31-19/h3-8,10,12,19H,9,11,13-15H2,1-2H3,(H,31,35)(H2,30,32,36)/t19-/m0/s1. The minimum atomic E-state index is -4.89. The molecule has 0 unspecified atom stereocenters. The minimum Gasteiger partial charge on any atom is -0.474 e. The van der Waals surface area contributed by atoms with E-state index in [0.717, 1.165) is 0 Å². The Morgan fingerprint density at radius 1 is 1.21 bits per heavy atom. The summed E-state index contributed by atoms with van der Waals surface area (Å²) < 4.78 is 55.2. The molecule has 10 nitrogen and oxygen atoms in total. The Morgan fingerprint density at radius 2 is 1.97 bits per heavy atom. The van der Waals surface area contributed by atoms with Crippen LogP contribution in [0.25, 0.3) is 5.69 Å². The van der Waals surface area contributed by atoms with Gasteiger partial charge >= 0.3 is 12.4 Å². The molecule has 3 amide bonds. The minimum absolute atomic E-state index is 0.0364. The van der Waals surface area contributed by atoms with Crippen molar-refractivity contribution in [2.24, 2.45) is 0 Å². The molecule has 13 heteroatoms. The molecule has 1 aliphatic heterocycles. The number of ether oxygens (including phenoxy) is 3. The predicted octanol–water partition coefficient (Wildman–Crippen LogP) is 4.20. The number of methoxy groups -OCH3 is 1. The van der Waals surface area contributed by atoms with Crippen molar-refractivity contribution in [3.05, 3.63) is 65.2 Å². The summed E-state index contributed by atoms with van der Waals surface area (Å²) in [6.45, 7) is 1.85. The molecule has 3 aromatic rings. The van der Waals surface area contributed by atoms with Crippen LogP contribution in [0, 0.1) is 6.92 Å². The highest BCUT2D eigenvalue weighted by Gasteiger charge is 2.32. The number of nitrogens with one attached hydrogen (secondary N) is 3. The molecule has 0 bridgehead atoms. The first kappa shape index (κ1) is 27.8. The maximum Gasteiger partial charge on any atom is 0.573 e. The number of hydrogen-bond acceptors (Lipinski definition) is 6. The lowest BCUT2D eigenvalue weighted by molar-refractivity contribution is -0.274. The zero-order valence-electron chi connectivity index (χ0n) is 21.3. The average molecular weight is 548 g/mol. The van der Waals surface area contributed by atoms with E-state index in [2.05, 4.69) is 25.8 Å². The number of rotatable bonds is 10. The molecule has 0 saturated carbocycles. The van der Waals surface area contributed by atoms with Crippen LogP contribution in [0.1, 0.15) is 29.5 Å². The van der Waals surface area contributed by atoms with Gasteiger partial charge in [-0.2, -0.15) is 0 Å². The largest absolute Gasteiger partial charge is 0.573 e. The van der Waals surface area contributed by atoms with Gasteiger partial charge in [0.2, 0.25) is 11.8 Å². The van der Waals surface area contributed by atoms with E-state index in [1.165, 1.54) is 30.0 Å². The Hall–Kier alpha value is -4.26. The molecule has 1 atom stereocenters. The van der Waals surface area contributed by atoms with E-state index >= 15 is 0 Å². The summed E-state index contributed by atoms with van der Waals surface area (Å²) in [7, 11) is 1.46. The van der Waals surface area contributed by atoms with Crippen LogP contribution in [-0.4, -0.2) is 47.8 Å². The van der Waals surface area contributed by atoms with Crippen LogP contribution in [0.4, 0.5) is 23.8 Å². The van der Waals surface area contributed by atoms with Crippen molar-refractivity contribution in [3.8, 4) is 17.3 Å². The second kappa shape index (κ2) is 12.1. The zero-order valence-corrected chi connectivity index (χ0v) is 21.3. The molecule has 1 aliphatic rings. The number of aromatic nitrogens is 2.